The number of amides is 1. The third kappa shape index (κ3) is 3.33. The highest BCUT2D eigenvalue weighted by molar-refractivity contribution is 7.16. The van der Waals surface area contributed by atoms with Gasteiger partial charge in [0.2, 0.25) is 0 Å². The number of thiazole rings is 1. The molecule has 0 fully saturated rings. The number of rotatable bonds is 2. The molecule has 0 unspecified atom stereocenters. The fourth-order valence-electron chi connectivity index (χ4n) is 1.25. The molecule has 1 amide bonds. The van der Waals surface area contributed by atoms with Crippen molar-refractivity contribution in [2.24, 2.45) is 0 Å². The predicted octanol–water partition coefficient (Wildman–Crippen LogP) is 2.76. The summed E-state index contributed by atoms with van der Waals surface area (Å²) in [4.78, 5) is 17.2. The fraction of sp³-hybridized carbons (Fsp3) is 0.167. The monoisotopic (exact) mass is 312 g/mol. The van der Waals surface area contributed by atoms with Gasteiger partial charge in [-0.15, -0.1) is 11.3 Å². The van der Waals surface area contributed by atoms with Crippen molar-refractivity contribution in [1.29, 1.82) is 0 Å². The molecule has 2 aromatic heterocycles. The summed E-state index contributed by atoms with van der Waals surface area (Å²) in [5, 5.41) is 14.0. The van der Waals surface area contributed by atoms with Crippen LogP contribution in [0.1, 0.15) is 20.1 Å². The van der Waals surface area contributed by atoms with Crippen molar-refractivity contribution >= 4 is 45.3 Å². The van der Waals surface area contributed by atoms with Crippen LogP contribution in [0.25, 0.3) is 0 Å². The Kier molecular flexibility index (Phi) is 4.56. The number of aryl methyl sites for hydroxylation is 1. The third-order valence-electron chi connectivity index (χ3n) is 2.12. The molecule has 0 aliphatic rings. The maximum atomic E-state index is 12.0. The Hall–Kier alpha value is -1.39. The van der Waals surface area contributed by atoms with Gasteiger partial charge in [-0.2, -0.15) is 0 Å². The number of aromatic nitrogens is 1. The van der Waals surface area contributed by atoms with Crippen LogP contribution in [0.5, 0.6) is 0 Å². The molecule has 0 bridgehead atoms. The number of carbonyl (C=O) groups excluding carboxylic acids is 1. The first-order chi connectivity index (χ1) is 9.11. The first-order valence-corrected chi connectivity index (χ1v) is 7.29. The number of thiophene rings is 1. The number of nitrogens with one attached hydrogen (secondary N) is 1. The van der Waals surface area contributed by atoms with Crippen LogP contribution in [-0.4, -0.2) is 22.6 Å². The zero-order chi connectivity index (χ0) is 13.8. The van der Waals surface area contributed by atoms with Gasteiger partial charge in [-0.1, -0.05) is 34.8 Å². The summed E-state index contributed by atoms with van der Waals surface area (Å²) in [6.45, 7) is 1.64. The lowest BCUT2D eigenvalue weighted by atomic mass is 10.3. The fourth-order valence-corrected chi connectivity index (χ4v) is 3.11. The van der Waals surface area contributed by atoms with Gasteiger partial charge < -0.3 is 5.11 Å². The van der Waals surface area contributed by atoms with Crippen LogP contribution >= 0.6 is 34.3 Å². The molecular weight excluding hydrogens is 304 g/mol. The van der Waals surface area contributed by atoms with E-state index in [2.05, 4.69) is 22.1 Å². The Morgan fingerprint density at radius 2 is 2.42 bits per heavy atom. The van der Waals surface area contributed by atoms with Gasteiger partial charge in [-0.25, -0.2) is 4.98 Å². The molecule has 0 spiro atoms. The number of aliphatic hydroxyl groups excluding tert-OH is 1. The van der Waals surface area contributed by atoms with Crippen molar-refractivity contribution in [3.05, 3.63) is 31.9 Å². The summed E-state index contributed by atoms with van der Waals surface area (Å²) < 4.78 is 0. The molecule has 4 nitrogen and oxygen atoms in total. The number of hydrogen-bond acceptors (Lipinski definition) is 5. The van der Waals surface area contributed by atoms with Gasteiger partial charge in [0.25, 0.3) is 5.91 Å². The Balaban J connectivity index is 2.11. The molecule has 2 N–H and O–H groups in total. The van der Waals surface area contributed by atoms with E-state index in [-0.39, 0.29) is 12.5 Å². The second-order valence-corrected chi connectivity index (χ2v) is 5.79. The third-order valence-corrected chi connectivity index (χ3v) is 4.65. The topological polar surface area (TPSA) is 62.2 Å². The summed E-state index contributed by atoms with van der Waals surface area (Å²) in [6, 6.07) is 0. The summed E-state index contributed by atoms with van der Waals surface area (Å²) in [6.07, 6.45) is 1.55. The van der Waals surface area contributed by atoms with Gasteiger partial charge in [-0.05, 0) is 17.9 Å². The van der Waals surface area contributed by atoms with Crippen molar-refractivity contribution in [3.8, 4) is 11.8 Å². The minimum absolute atomic E-state index is 0.205. The average molecular weight is 313 g/mol. The molecule has 0 aromatic carbocycles. The Morgan fingerprint density at radius 1 is 1.63 bits per heavy atom. The average Bonchev–Trinajstić information content (AvgIpc) is 2.95. The molecule has 7 heteroatoms. The van der Waals surface area contributed by atoms with Crippen LogP contribution in [0.15, 0.2) is 11.6 Å². The Morgan fingerprint density at radius 3 is 3.05 bits per heavy atom. The van der Waals surface area contributed by atoms with Crippen LogP contribution in [0.3, 0.4) is 0 Å². The smallest absolute Gasteiger partial charge is 0.269 e. The highest BCUT2D eigenvalue weighted by atomic mass is 35.5. The van der Waals surface area contributed by atoms with Crippen LogP contribution in [0.4, 0.5) is 5.13 Å². The summed E-state index contributed by atoms with van der Waals surface area (Å²) >= 11 is 8.56. The Bertz CT molecular complexity index is 667. The minimum Gasteiger partial charge on any atom is -0.384 e. The molecular formula is C12H9ClN2O2S2. The van der Waals surface area contributed by atoms with Crippen LogP contribution < -0.4 is 5.32 Å². The van der Waals surface area contributed by atoms with E-state index in [4.69, 9.17) is 16.7 Å². The largest absolute Gasteiger partial charge is 0.384 e. The molecule has 98 valence electrons. The number of aliphatic hydroxyl groups is 1. The lowest BCUT2D eigenvalue weighted by molar-refractivity contribution is 0.103. The zero-order valence-corrected chi connectivity index (χ0v) is 12.2. The van der Waals surface area contributed by atoms with Crippen LogP contribution in [0.2, 0.25) is 5.02 Å². The normalized spacial score (nSPS) is 9.84. The van der Waals surface area contributed by atoms with E-state index in [1.54, 1.807) is 6.20 Å². The molecule has 19 heavy (non-hydrogen) atoms. The quantitative estimate of drug-likeness (QED) is 0.838. The molecule has 2 rings (SSSR count). The van der Waals surface area contributed by atoms with E-state index in [1.807, 2.05) is 12.3 Å². The van der Waals surface area contributed by atoms with Crippen LogP contribution in [-0.2, 0) is 0 Å². The van der Waals surface area contributed by atoms with Gasteiger partial charge in [0.05, 0.1) is 16.1 Å². The minimum atomic E-state index is -0.279. The first kappa shape index (κ1) is 14.0. The molecule has 0 atom stereocenters. The maximum Gasteiger partial charge on any atom is 0.269 e. The van der Waals surface area contributed by atoms with Crippen molar-refractivity contribution in [1.82, 2.24) is 4.98 Å². The highest BCUT2D eigenvalue weighted by Crippen LogP contribution is 2.28. The summed E-state index contributed by atoms with van der Waals surface area (Å²) in [5.41, 5.74) is 0.880. The molecule has 0 saturated carbocycles. The SMILES string of the molecule is Cc1csc(C(=O)Nc2ncc(C#CCO)s2)c1Cl. The molecule has 2 aromatic rings. The first-order valence-electron chi connectivity index (χ1n) is 5.22. The van der Waals surface area contributed by atoms with Gasteiger partial charge in [0.15, 0.2) is 5.13 Å². The molecule has 0 saturated heterocycles. The molecule has 0 aliphatic heterocycles. The van der Waals surface area contributed by atoms with E-state index < -0.39 is 0 Å². The number of anilines is 1. The van der Waals surface area contributed by atoms with E-state index >= 15 is 0 Å². The predicted molar refractivity (Wildman–Crippen MR) is 78.1 cm³/mol. The standard InChI is InChI=1S/C12H9ClN2O2S2/c1-7-6-18-10(9(7)13)11(17)15-12-14-5-8(19-12)3-2-4-16/h5-6,16H,4H2,1H3,(H,14,15,17). The second kappa shape index (κ2) is 6.17. The summed E-state index contributed by atoms with van der Waals surface area (Å²) in [7, 11) is 0. The highest BCUT2D eigenvalue weighted by Gasteiger charge is 2.15. The van der Waals surface area contributed by atoms with Crippen molar-refractivity contribution < 1.29 is 9.90 Å². The van der Waals surface area contributed by atoms with E-state index in [9.17, 15) is 4.79 Å². The molecule has 0 radical (unpaired) electrons. The number of hydrogen-bond donors (Lipinski definition) is 2. The number of halogens is 1. The Labute approximate surface area is 123 Å². The number of nitrogens with zero attached hydrogens (tertiary/aromatic N) is 1. The van der Waals surface area contributed by atoms with E-state index in [0.717, 1.165) is 5.56 Å². The van der Waals surface area contributed by atoms with Gasteiger partial charge in [-0.3, -0.25) is 10.1 Å². The van der Waals surface area contributed by atoms with Gasteiger partial charge in [0.1, 0.15) is 11.5 Å². The zero-order valence-electron chi connectivity index (χ0n) is 9.86. The maximum absolute atomic E-state index is 12.0. The lowest BCUT2D eigenvalue weighted by Crippen LogP contribution is -2.10. The van der Waals surface area contributed by atoms with E-state index in [0.29, 0.717) is 19.9 Å². The summed E-state index contributed by atoms with van der Waals surface area (Å²) in [5.74, 6) is 4.97. The van der Waals surface area contributed by atoms with Gasteiger partial charge >= 0.3 is 0 Å². The second-order valence-electron chi connectivity index (χ2n) is 3.51. The number of carbonyl (C=O) groups is 1. The van der Waals surface area contributed by atoms with Crippen molar-refractivity contribution in [3.63, 3.8) is 0 Å². The van der Waals surface area contributed by atoms with Gasteiger partial charge in [0, 0.05) is 0 Å². The van der Waals surface area contributed by atoms with Crippen molar-refractivity contribution in [2.75, 3.05) is 11.9 Å². The lowest BCUT2D eigenvalue weighted by Gasteiger charge is -1.99. The molecule has 2 heterocycles. The van der Waals surface area contributed by atoms with Crippen molar-refractivity contribution in [2.45, 2.75) is 6.92 Å². The molecule has 0 aliphatic carbocycles. The van der Waals surface area contributed by atoms with Crippen LogP contribution in [0, 0.1) is 18.8 Å². The van der Waals surface area contributed by atoms with E-state index in [1.165, 1.54) is 22.7 Å².